The summed E-state index contributed by atoms with van der Waals surface area (Å²) in [5, 5.41) is 13.1. The SMILES string of the molecule is O=C(NCCCc1ccccc1)c1c(CC2CCCN(C(=O)O)C2)c(-c2ccccc2)nc2c(F)cccc12. The van der Waals surface area contributed by atoms with Gasteiger partial charge in [0.15, 0.2) is 0 Å². The Bertz CT molecular complexity index is 1460. The molecule has 2 amide bonds. The number of hydrogen-bond acceptors (Lipinski definition) is 3. The van der Waals surface area contributed by atoms with Gasteiger partial charge in [0.2, 0.25) is 0 Å². The van der Waals surface area contributed by atoms with Crippen LogP contribution in [-0.2, 0) is 12.8 Å². The Morgan fingerprint density at radius 2 is 1.74 bits per heavy atom. The Balaban J connectivity index is 1.53. The van der Waals surface area contributed by atoms with E-state index in [0.717, 1.165) is 36.8 Å². The first kappa shape index (κ1) is 26.4. The van der Waals surface area contributed by atoms with Gasteiger partial charge in [-0.05, 0) is 55.2 Å². The lowest BCUT2D eigenvalue weighted by Crippen LogP contribution is -2.40. The minimum Gasteiger partial charge on any atom is -0.465 e. The summed E-state index contributed by atoms with van der Waals surface area (Å²) >= 11 is 0. The number of fused-ring (bicyclic) bond motifs is 1. The van der Waals surface area contributed by atoms with Gasteiger partial charge in [-0.1, -0.05) is 72.8 Å². The first-order valence-electron chi connectivity index (χ1n) is 13.5. The second kappa shape index (κ2) is 12.1. The van der Waals surface area contributed by atoms with Crippen LogP contribution in [0.3, 0.4) is 0 Å². The van der Waals surface area contributed by atoms with Crippen molar-refractivity contribution in [3.8, 4) is 11.3 Å². The number of likely N-dealkylation sites (tertiary alicyclic amines) is 1. The number of carboxylic acid groups (broad SMARTS) is 1. The highest BCUT2D eigenvalue weighted by atomic mass is 19.1. The van der Waals surface area contributed by atoms with Crippen molar-refractivity contribution < 1.29 is 19.1 Å². The van der Waals surface area contributed by atoms with Crippen molar-refractivity contribution in [3.05, 3.63) is 101 Å². The van der Waals surface area contributed by atoms with E-state index in [-0.39, 0.29) is 17.3 Å². The first-order chi connectivity index (χ1) is 19.0. The van der Waals surface area contributed by atoms with Gasteiger partial charge in [-0.2, -0.15) is 0 Å². The van der Waals surface area contributed by atoms with Gasteiger partial charge in [0.05, 0.1) is 11.3 Å². The van der Waals surface area contributed by atoms with Crippen LogP contribution in [-0.4, -0.2) is 46.6 Å². The van der Waals surface area contributed by atoms with Crippen LogP contribution >= 0.6 is 0 Å². The Morgan fingerprint density at radius 3 is 2.49 bits per heavy atom. The zero-order valence-electron chi connectivity index (χ0n) is 21.8. The number of hydrogen-bond donors (Lipinski definition) is 2. The minimum atomic E-state index is -0.932. The second-order valence-corrected chi connectivity index (χ2v) is 10.1. The maximum absolute atomic E-state index is 15.1. The van der Waals surface area contributed by atoms with E-state index in [1.54, 1.807) is 12.1 Å². The summed E-state index contributed by atoms with van der Waals surface area (Å²) in [7, 11) is 0. The molecular weight excluding hydrogens is 493 g/mol. The van der Waals surface area contributed by atoms with Crippen LogP contribution in [0, 0.1) is 11.7 Å². The monoisotopic (exact) mass is 525 g/mol. The first-order valence-corrected chi connectivity index (χ1v) is 13.5. The zero-order chi connectivity index (χ0) is 27.2. The summed E-state index contributed by atoms with van der Waals surface area (Å²) in [5.74, 6) is -0.724. The Labute approximate surface area is 227 Å². The number of halogens is 1. The average Bonchev–Trinajstić information content (AvgIpc) is 2.96. The third-order valence-corrected chi connectivity index (χ3v) is 7.39. The maximum Gasteiger partial charge on any atom is 0.407 e. The third kappa shape index (κ3) is 6.08. The maximum atomic E-state index is 15.1. The molecule has 0 spiro atoms. The standard InChI is InChI=1S/C32H32FN3O3/c33-27-17-7-16-25-28(31(37)34-18-8-12-22-10-3-1-4-11-22)26(20-23-13-9-19-36(21-23)32(38)39)29(35-30(25)27)24-14-5-2-6-15-24/h1-7,10-11,14-17,23H,8-9,12-13,18-21H2,(H,34,37)(H,38,39). The fourth-order valence-corrected chi connectivity index (χ4v) is 5.51. The fraction of sp³-hybridized carbons (Fsp3) is 0.281. The Morgan fingerprint density at radius 1 is 1.00 bits per heavy atom. The molecule has 1 aliphatic rings. The number of nitrogens with zero attached hydrogens (tertiary/aromatic N) is 2. The number of rotatable bonds is 8. The van der Waals surface area contributed by atoms with E-state index in [2.05, 4.69) is 17.4 Å². The van der Waals surface area contributed by atoms with Crippen LogP contribution < -0.4 is 5.32 Å². The number of carbonyl (C=O) groups excluding carboxylic acids is 1. The van der Waals surface area contributed by atoms with Gasteiger partial charge >= 0.3 is 6.09 Å². The van der Waals surface area contributed by atoms with Crippen molar-refractivity contribution in [3.63, 3.8) is 0 Å². The van der Waals surface area contributed by atoms with Crippen molar-refractivity contribution in [2.75, 3.05) is 19.6 Å². The van der Waals surface area contributed by atoms with E-state index < -0.39 is 11.9 Å². The summed E-state index contributed by atoms with van der Waals surface area (Å²) in [6, 6.07) is 24.3. The molecule has 1 saturated heterocycles. The summed E-state index contributed by atoms with van der Waals surface area (Å²) in [5.41, 5.74) is 3.88. The molecule has 39 heavy (non-hydrogen) atoms. The zero-order valence-corrected chi connectivity index (χ0v) is 21.8. The summed E-state index contributed by atoms with van der Waals surface area (Å²) in [6.45, 7) is 1.37. The molecule has 0 bridgehead atoms. The fourth-order valence-electron chi connectivity index (χ4n) is 5.51. The lowest BCUT2D eigenvalue weighted by atomic mass is 9.86. The molecule has 4 aromatic rings. The minimum absolute atomic E-state index is 0.0229. The Kier molecular flexibility index (Phi) is 8.16. The molecular formula is C32H32FN3O3. The molecule has 2 heterocycles. The van der Waals surface area contributed by atoms with E-state index in [1.807, 2.05) is 48.5 Å². The van der Waals surface area contributed by atoms with Gasteiger partial charge < -0.3 is 15.3 Å². The van der Waals surface area contributed by atoms with Crippen molar-refractivity contribution >= 4 is 22.9 Å². The molecule has 2 N–H and O–H groups in total. The molecule has 1 fully saturated rings. The van der Waals surface area contributed by atoms with E-state index in [4.69, 9.17) is 4.98 Å². The van der Waals surface area contributed by atoms with Crippen LogP contribution in [0.5, 0.6) is 0 Å². The van der Waals surface area contributed by atoms with E-state index in [9.17, 15) is 14.7 Å². The molecule has 0 radical (unpaired) electrons. The summed E-state index contributed by atoms with van der Waals surface area (Å²) < 4.78 is 15.1. The number of pyridine rings is 1. The molecule has 7 heteroatoms. The molecule has 1 aliphatic heterocycles. The van der Waals surface area contributed by atoms with Crippen molar-refractivity contribution in [2.24, 2.45) is 5.92 Å². The molecule has 6 nitrogen and oxygen atoms in total. The highest BCUT2D eigenvalue weighted by Gasteiger charge is 2.28. The van der Waals surface area contributed by atoms with Crippen molar-refractivity contribution in [1.29, 1.82) is 0 Å². The molecule has 1 unspecified atom stereocenters. The van der Waals surface area contributed by atoms with Crippen LogP contribution in [0.2, 0.25) is 0 Å². The molecule has 200 valence electrons. The summed E-state index contributed by atoms with van der Waals surface area (Å²) in [6.07, 6.45) is 2.75. The largest absolute Gasteiger partial charge is 0.465 e. The number of aromatic nitrogens is 1. The number of benzene rings is 3. The lowest BCUT2D eigenvalue weighted by molar-refractivity contribution is 0.0951. The average molecular weight is 526 g/mol. The number of carbonyl (C=O) groups is 2. The van der Waals surface area contributed by atoms with Crippen molar-refractivity contribution in [2.45, 2.75) is 32.1 Å². The van der Waals surface area contributed by atoms with Gasteiger partial charge in [0.1, 0.15) is 11.3 Å². The number of para-hydroxylation sites is 1. The molecule has 1 atom stereocenters. The lowest BCUT2D eigenvalue weighted by Gasteiger charge is -2.31. The number of piperidine rings is 1. The van der Waals surface area contributed by atoms with E-state index >= 15 is 4.39 Å². The number of aryl methyl sites for hydroxylation is 1. The van der Waals surface area contributed by atoms with Gasteiger partial charge in [-0.25, -0.2) is 14.2 Å². The van der Waals surface area contributed by atoms with Crippen LogP contribution in [0.15, 0.2) is 78.9 Å². The van der Waals surface area contributed by atoms with Crippen LogP contribution in [0.1, 0.15) is 40.7 Å². The van der Waals surface area contributed by atoms with Crippen LogP contribution in [0.4, 0.5) is 9.18 Å². The highest BCUT2D eigenvalue weighted by molar-refractivity contribution is 6.09. The van der Waals surface area contributed by atoms with Crippen molar-refractivity contribution in [1.82, 2.24) is 15.2 Å². The quantitative estimate of drug-likeness (QED) is 0.263. The predicted molar refractivity (Wildman–Crippen MR) is 150 cm³/mol. The van der Waals surface area contributed by atoms with Gasteiger partial charge in [-0.3, -0.25) is 4.79 Å². The highest BCUT2D eigenvalue weighted by Crippen LogP contribution is 2.34. The number of amides is 2. The van der Waals surface area contributed by atoms with Gasteiger partial charge in [-0.15, -0.1) is 0 Å². The van der Waals surface area contributed by atoms with E-state index in [1.165, 1.54) is 16.5 Å². The number of nitrogens with one attached hydrogen (secondary N) is 1. The topological polar surface area (TPSA) is 82.5 Å². The van der Waals surface area contributed by atoms with Gasteiger partial charge in [0.25, 0.3) is 5.91 Å². The third-order valence-electron chi connectivity index (χ3n) is 7.39. The Hall–Kier alpha value is -4.26. The van der Waals surface area contributed by atoms with E-state index in [0.29, 0.717) is 42.7 Å². The molecule has 0 aliphatic carbocycles. The molecule has 3 aromatic carbocycles. The molecule has 0 saturated carbocycles. The smallest absolute Gasteiger partial charge is 0.407 e. The predicted octanol–water partition coefficient (Wildman–Crippen LogP) is 6.34. The summed E-state index contributed by atoms with van der Waals surface area (Å²) in [4.78, 5) is 31.7. The van der Waals surface area contributed by atoms with Crippen LogP contribution in [0.25, 0.3) is 22.2 Å². The normalized spacial score (nSPS) is 15.3. The molecule has 1 aromatic heterocycles. The molecule has 5 rings (SSSR count). The second-order valence-electron chi connectivity index (χ2n) is 10.1. The van der Waals surface area contributed by atoms with Gasteiger partial charge in [0, 0.05) is 30.6 Å².